The molecule has 0 aromatic heterocycles. The smallest absolute Gasteiger partial charge is 0.264 e. The first-order valence-corrected chi connectivity index (χ1v) is 9.68. The molecule has 0 amide bonds. The van der Waals surface area contributed by atoms with Gasteiger partial charge in [-0.25, -0.2) is 12.8 Å². The number of anilines is 2. The minimum Gasteiger partial charge on any atom is -0.733 e. The minimum atomic E-state index is -4.04. The van der Waals surface area contributed by atoms with Crippen molar-refractivity contribution in [1.82, 2.24) is 0 Å². The van der Waals surface area contributed by atoms with Gasteiger partial charge in [0.25, 0.3) is 10.0 Å². The lowest BCUT2D eigenvalue weighted by Crippen LogP contribution is -2.34. The zero-order chi connectivity index (χ0) is 19.5. The molecule has 8 heteroatoms. The van der Waals surface area contributed by atoms with Crippen molar-refractivity contribution in [3.8, 4) is 0 Å². The van der Waals surface area contributed by atoms with Gasteiger partial charge in [-0.1, -0.05) is 32.9 Å². The predicted molar refractivity (Wildman–Crippen MR) is 99.2 cm³/mol. The fourth-order valence-corrected chi connectivity index (χ4v) is 4.14. The highest BCUT2D eigenvalue weighted by Crippen LogP contribution is 2.28. The van der Waals surface area contributed by atoms with Gasteiger partial charge in [-0.3, -0.25) is 9.51 Å². The molecule has 0 spiro atoms. The Bertz CT molecular complexity index is 852. The van der Waals surface area contributed by atoms with Gasteiger partial charge in [-0.2, -0.15) is 0 Å². The summed E-state index contributed by atoms with van der Waals surface area (Å²) < 4.78 is 41.3. The van der Waals surface area contributed by atoms with Crippen molar-refractivity contribution in [1.29, 1.82) is 0 Å². The number of sulfonamides is 1. The molecule has 2 aromatic carbocycles. The van der Waals surface area contributed by atoms with Crippen LogP contribution in [0.5, 0.6) is 0 Å². The average molecular weight is 381 g/mol. The van der Waals surface area contributed by atoms with Gasteiger partial charge in [0.2, 0.25) is 0 Å². The number of benzene rings is 2. The Hall–Kier alpha value is -2.16. The lowest BCUT2D eigenvalue weighted by Gasteiger charge is -2.27. The summed E-state index contributed by atoms with van der Waals surface area (Å²) in [5.41, 5.74) is 0.907. The van der Waals surface area contributed by atoms with E-state index in [1.165, 1.54) is 4.31 Å². The summed E-state index contributed by atoms with van der Waals surface area (Å²) in [4.78, 5) is -0.291. The lowest BCUT2D eigenvalue weighted by atomic mass is 10.1. The van der Waals surface area contributed by atoms with Crippen molar-refractivity contribution in [2.75, 3.05) is 16.1 Å². The van der Waals surface area contributed by atoms with Crippen molar-refractivity contribution < 1.29 is 18.0 Å². The predicted octanol–water partition coefficient (Wildman–Crippen LogP) is 3.93. The second-order valence-electron chi connectivity index (χ2n) is 6.34. The number of rotatable bonds is 7. The molecule has 2 rings (SSSR count). The average Bonchev–Trinajstić information content (AvgIpc) is 2.59. The Morgan fingerprint density at radius 2 is 1.77 bits per heavy atom. The topological polar surface area (TPSA) is 83.9 Å². The van der Waals surface area contributed by atoms with E-state index in [0.717, 1.165) is 30.2 Å². The third-order valence-corrected chi connectivity index (χ3v) is 5.67. The fraction of sp³-hybridized carbons (Fsp3) is 0.333. The number of nitrogens with zero attached hydrogens (tertiary/aromatic N) is 2. The fourth-order valence-electron chi connectivity index (χ4n) is 2.50. The van der Waals surface area contributed by atoms with Crippen LogP contribution >= 0.6 is 0 Å². The Labute approximate surface area is 153 Å². The molecular weight excluding hydrogens is 359 g/mol. The Morgan fingerprint density at radius 3 is 2.23 bits per heavy atom. The molecular formula is C18H22FN2O4S-. The second kappa shape index (κ2) is 8.03. The molecule has 142 valence electrons. The van der Waals surface area contributed by atoms with E-state index >= 15 is 0 Å². The Morgan fingerprint density at radius 1 is 1.15 bits per heavy atom. The second-order valence-corrected chi connectivity index (χ2v) is 8.20. The highest BCUT2D eigenvalue weighted by atomic mass is 32.2. The van der Waals surface area contributed by atoms with E-state index in [1.807, 2.05) is 32.9 Å². The highest BCUT2D eigenvalue weighted by molar-refractivity contribution is 7.92. The third-order valence-electron chi connectivity index (χ3n) is 3.88. The SMILES string of the molecule is CCc1ccc(N(CC(C)C)S(=O)(=O)c2ccc(N([O-])O)c(F)c2)cc1. The lowest BCUT2D eigenvalue weighted by molar-refractivity contribution is 0.292. The van der Waals surface area contributed by atoms with E-state index in [4.69, 9.17) is 5.21 Å². The van der Waals surface area contributed by atoms with Crippen LogP contribution < -0.4 is 9.53 Å². The molecule has 0 atom stereocenters. The molecule has 0 fully saturated rings. The van der Waals surface area contributed by atoms with E-state index in [0.29, 0.717) is 5.69 Å². The number of hydrogen-bond donors (Lipinski definition) is 1. The van der Waals surface area contributed by atoms with Crippen LogP contribution in [-0.4, -0.2) is 20.2 Å². The maximum Gasteiger partial charge on any atom is 0.264 e. The van der Waals surface area contributed by atoms with Crippen molar-refractivity contribution in [2.24, 2.45) is 5.92 Å². The van der Waals surface area contributed by atoms with Gasteiger partial charge < -0.3 is 10.4 Å². The molecule has 0 bridgehead atoms. The number of halogens is 1. The van der Waals surface area contributed by atoms with E-state index in [-0.39, 0.29) is 17.4 Å². The summed E-state index contributed by atoms with van der Waals surface area (Å²) >= 11 is 0. The van der Waals surface area contributed by atoms with Crippen LogP contribution in [0.1, 0.15) is 26.3 Å². The summed E-state index contributed by atoms with van der Waals surface area (Å²) in [5.74, 6) is -1.08. The maximum absolute atomic E-state index is 14.0. The van der Waals surface area contributed by atoms with E-state index < -0.39 is 26.8 Å². The molecule has 0 saturated carbocycles. The van der Waals surface area contributed by atoms with Gasteiger partial charge >= 0.3 is 0 Å². The van der Waals surface area contributed by atoms with Crippen LogP contribution in [0, 0.1) is 16.9 Å². The highest BCUT2D eigenvalue weighted by Gasteiger charge is 2.26. The van der Waals surface area contributed by atoms with Crippen molar-refractivity contribution in [2.45, 2.75) is 32.1 Å². The molecule has 6 nitrogen and oxygen atoms in total. The largest absolute Gasteiger partial charge is 0.733 e. The van der Waals surface area contributed by atoms with Crippen LogP contribution in [0.15, 0.2) is 47.4 Å². The molecule has 2 aromatic rings. The standard InChI is InChI=1S/C18H22FN2O4S/c1-4-14-5-7-15(8-6-14)20(12-13(2)3)26(24,25)16-9-10-18(21(22)23)17(19)11-16/h5-11,13,22H,4,12H2,1-3H3/q-1. The maximum atomic E-state index is 14.0. The van der Waals surface area contributed by atoms with Crippen LogP contribution in [-0.2, 0) is 16.4 Å². The van der Waals surface area contributed by atoms with Gasteiger partial charge in [0.05, 0.1) is 16.3 Å². The summed E-state index contributed by atoms with van der Waals surface area (Å²) in [7, 11) is -4.04. The Kier molecular flexibility index (Phi) is 6.22. The van der Waals surface area contributed by atoms with Gasteiger partial charge in [0.1, 0.15) is 5.82 Å². The van der Waals surface area contributed by atoms with E-state index in [2.05, 4.69) is 0 Å². The van der Waals surface area contributed by atoms with Gasteiger partial charge in [-0.05, 0) is 48.2 Å². The molecule has 0 heterocycles. The molecule has 0 aliphatic rings. The molecule has 0 unspecified atom stereocenters. The van der Waals surface area contributed by atoms with Gasteiger partial charge in [0.15, 0.2) is 0 Å². The summed E-state index contributed by atoms with van der Waals surface area (Å²) in [6.45, 7) is 5.98. The first-order valence-electron chi connectivity index (χ1n) is 8.24. The normalized spacial score (nSPS) is 11.7. The molecule has 1 N–H and O–H groups in total. The summed E-state index contributed by atoms with van der Waals surface area (Å²) in [5, 5.41) is 19.1. The van der Waals surface area contributed by atoms with Crippen molar-refractivity contribution in [3.63, 3.8) is 0 Å². The molecule has 0 aliphatic heterocycles. The van der Waals surface area contributed by atoms with Crippen LogP contribution in [0.25, 0.3) is 0 Å². The Balaban J connectivity index is 2.50. The van der Waals surface area contributed by atoms with Crippen LogP contribution in [0.3, 0.4) is 0 Å². The molecule has 26 heavy (non-hydrogen) atoms. The number of aryl methyl sites for hydroxylation is 1. The van der Waals surface area contributed by atoms with E-state index in [1.54, 1.807) is 12.1 Å². The zero-order valence-corrected chi connectivity index (χ0v) is 15.7. The first-order chi connectivity index (χ1) is 12.2. The van der Waals surface area contributed by atoms with E-state index in [9.17, 15) is 18.0 Å². The number of hydrogen-bond acceptors (Lipinski definition) is 5. The van der Waals surface area contributed by atoms with Crippen LogP contribution in [0.2, 0.25) is 0 Å². The van der Waals surface area contributed by atoms with Gasteiger partial charge in [0, 0.05) is 6.54 Å². The van der Waals surface area contributed by atoms with Crippen LogP contribution in [0.4, 0.5) is 15.8 Å². The van der Waals surface area contributed by atoms with Gasteiger partial charge in [-0.15, -0.1) is 0 Å². The van der Waals surface area contributed by atoms with Crippen molar-refractivity contribution in [3.05, 3.63) is 59.1 Å². The molecule has 0 radical (unpaired) electrons. The third kappa shape index (κ3) is 4.32. The van der Waals surface area contributed by atoms with Crippen molar-refractivity contribution >= 4 is 21.4 Å². The first kappa shape index (κ1) is 20.2. The zero-order valence-electron chi connectivity index (χ0n) is 14.9. The molecule has 0 aliphatic carbocycles. The summed E-state index contributed by atoms with van der Waals surface area (Å²) in [6.07, 6.45) is 0.830. The summed E-state index contributed by atoms with van der Waals surface area (Å²) in [6, 6.07) is 9.91. The monoisotopic (exact) mass is 381 g/mol. The minimum absolute atomic E-state index is 0.0364. The molecule has 0 saturated heterocycles. The quantitative estimate of drug-likeness (QED) is 0.735.